The predicted octanol–water partition coefficient (Wildman–Crippen LogP) is 0.913. The molecular formula is C13H18N2O3. The van der Waals surface area contributed by atoms with Crippen molar-refractivity contribution in [2.75, 3.05) is 6.54 Å². The lowest BCUT2D eigenvalue weighted by Crippen LogP contribution is -2.50. The Kier molecular flexibility index (Phi) is 4.69. The van der Waals surface area contributed by atoms with E-state index in [0.29, 0.717) is 19.6 Å². The number of nitrogens with one attached hydrogen (secondary N) is 2. The number of aliphatic carboxylic acids is 1. The van der Waals surface area contributed by atoms with Crippen LogP contribution in [-0.4, -0.2) is 29.7 Å². The van der Waals surface area contributed by atoms with Gasteiger partial charge < -0.3 is 10.4 Å². The van der Waals surface area contributed by atoms with Crippen molar-refractivity contribution in [3.05, 3.63) is 35.9 Å². The first-order valence-electron chi connectivity index (χ1n) is 6.13. The molecule has 0 saturated carbocycles. The molecule has 2 rings (SSSR count). The molecule has 1 aromatic rings. The summed E-state index contributed by atoms with van der Waals surface area (Å²) in [7, 11) is 0. The number of hydroxylamine groups is 1. The Labute approximate surface area is 106 Å². The zero-order chi connectivity index (χ0) is 12.8. The van der Waals surface area contributed by atoms with Gasteiger partial charge in [-0.05, 0) is 18.4 Å². The Hall–Kier alpha value is -1.43. The molecule has 0 spiro atoms. The molecule has 1 fully saturated rings. The van der Waals surface area contributed by atoms with E-state index in [9.17, 15) is 4.79 Å². The molecule has 1 saturated heterocycles. The molecule has 0 radical (unpaired) electrons. The Balaban J connectivity index is 1.65. The third-order valence-corrected chi connectivity index (χ3v) is 3.04. The fraction of sp³-hybridized carbons (Fsp3) is 0.462. The lowest BCUT2D eigenvalue weighted by Gasteiger charge is -2.27. The number of hydrogen-bond donors (Lipinski definition) is 3. The monoisotopic (exact) mass is 250 g/mol. The Morgan fingerprint density at radius 3 is 2.78 bits per heavy atom. The van der Waals surface area contributed by atoms with Gasteiger partial charge in [0.1, 0.15) is 6.04 Å². The van der Waals surface area contributed by atoms with Crippen molar-refractivity contribution >= 4 is 5.97 Å². The Bertz CT molecular complexity index is 375. The van der Waals surface area contributed by atoms with E-state index >= 15 is 0 Å². The van der Waals surface area contributed by atoms with Crippen molar-refractivity contribution in [1.29, 1.82) is 0 Å². The largest absolute Gasteiger partial charge is 0.480 e. The summed E-state index contributed by atoms with van der Waals surface area (Å²) >= 11 is 0. The normalized spacial score (nSPS) is 23.8. The van der Waals surface area contributed by atoms with Gasteiger partial charge in [0, 0.05) is 12.6 Å². The summed E-state index contributed by atoms with van der Waals surface area (Å²) < 4.78 is 0. The second kappa shape index (κ2) is 6.49. The smallest absolute Gasteiger partial charge is 0.320 e. The van der Waals surface area contributed by atoms with Crippen LogP contribution in [0, 0.1) is 0 Å². The van der Waals surface area contributed by atoms with Crippen LogP contribution in [-0.2, 0) is 16.2 Å². The van der Waals surface area contributed by atoms with Gasteiger partial charge in [-0.2, -0.15) is 5.48 Å². The fourth-order valence-corrected chi connectivity index (χ4v) is 1.98. The minimum atomic E-state index is -0.779. The van der Waals surface area contributed by atoms with E-state index in [-0.39, 0.29) is 6.04 Å². The first-order chi connectivity index (χ1) is 8.75. The average Bonchev–Trinajstić information content (AvgIpc) is 2.40. The minimum absolute atomic E-state index is 0.171. The Morgan fingerprint density at radius 1 is 1.39 bits per heavy atom. The maximum absolute atomic E-state index is 10.7. The van der Waals surface area contributed by atoms with E-state index < -0.39 is 12.0 Å². The van der Waals surface area contributed by atoms with Gasteiger partial charge >= 0.3 is 5.97 Å². The molecule has 0 unspecified atom stereocenters. The van der Waals surface area contributed by atoms with Crippen molar-refractivity contribution in [2.45, 2.75) is 31.5 Å². The van der Waals surface area contributed by atoms with E-state index in [1.54, 1.807) is 0 Å². The van der Waals surface area contributed by atoms with Crippen LogP contribution in [0.1, 0.15) is 18.4 Å². The van der Waals surface area contributed by atoms with E-state index in [2.05, 4.69) is 10.8 Å². The van der Waals surface area contributed by atoms with Crippen LogP contribution in [0.25, 0.3) is 0 Å². The standard InChI is InChI=1S/C13H18N2O3/c16-13(17)12-7-6-11(8-14-12)15-18-9-10-4-2-1-3-5-10/h1-5,11-12,14-15H,6-9H2,(H,16,17)/t11-,12-/m1/s1. The maximum Gasteiger partial charge on any atom is 0.320 e. The summed E-state index contributed by atoms with van der Waals surface area (Å²) in [6.07, 6.45) is 1.43. The summed E-state index contributed by atoms with van der Waals surface area (Å²) in [5, 5.41) is 11.8. The van der Waals surface area contributed by atoms with Gasteiger partial charge in [-0.3, -0.25) is 9.63 Å². The minimum Gasteiger partial charge on any atom is -0.480 e. The van der Waals surface area contributed by atoms with E-state index in [1.165, 1.54) is 0 Å². The fourth-order valence-electron chi connectivity index (χ4n) is 1.98. The van der Waals surface area contributed by atoms with Crippen LogP contribution in [0.4, 0.5) is 0 Å². The second-order valence-corrected chi connectivity index (χ2v) is 4.47. The molecule has 1 heterocycles. The maximum atomic E-state index is 10.7. The third kappa shape index (κ3) is 3.80. The zero-order valence-electron chi connectivity index (χ0n) is 10.1. The van der Waals surface area contributed by atoms with E-state index in [1.807, 2.05) is 30.3 Å². The van der Waals surface area contributed by atoms with Gasteiger partial charge in [0.2, 0.25) is 0 Å². The molecule has 1 aromatic carbocycles. The number of carboxylic acid groups (broad SMARTS) is 1. The zero-order valence-corrected chi connectivity index (χ0v) is 10.1. The number of carbonyl (C=O) groups is 1. The summed E-state index contributed by atoms with van der Waals surface area (Å²) in [5.74, 6) is -0.779. The molecule has 3 N–H and O–H groups in total. The summed E-state index contributed by atoms with van der Waals surface area (Å²) in [6.45, 7) is 1.13. The summed E-state index contributed by atoms with van der Waals surface area (Å²) in [6, 6.07) is 9.66. The molecule has 18 heavy (non-hydrogen) atoms. The lowest BCUT2D eigenvalue weighted by molar-refractivity contribution is -0.140. The first kappa shape index (κ1) is 13.0. The van der Waals surface area contributed by atoms with E-state index in [4.69, 9.17) is 9.94 Å². The highest BCUT2D eigenvalue weighted by Gasteiger charge is 2.25. The van der Waals surface area contributed by atoms with Gasteiger partial charge in [0.05, 0.1) is 6.61 Å². The first-order valence-corrected chi connectivity index (χ1v) is 6.13. The van der Waals surface area contributed by atoms with Crippen LogP contribution in [0.5, 0.6) is 0 Å². The van der Waals surface area contributed by atoms with Crippen molar-refractivity contribution in [3.63, 3.8) is 0 Å². The average molecular weight is 250 g/mol. The molecule has 5 heteroatoms. The topological polar surface area (TPSA) is 70.6 Å². The van der Waals surface area contributed by atoms with Gasteiger partial charge in [0.25, 0.3) is 0 Å². The van der Waals surface area contributed by atoms with Crippen molar-refractivity contribution in [2.24, 2.45) is 0 Å². The lowest BCUT2D eigenvalue weighted by atomic mass is 10.0. The van der Waals surface area contributed by atoms with Gasteiger partial charge in [0.15, 0.2) is 0 Å². The second-order valence-electron chi connectivity index (χ2n) is 4.47. The van der Waals surface area contributed by atoms with Crippen LogP contribution >= 0.6 is 0 Å². The van der Waals surface area contributed by atoms with Gasteiger partial charge in [-0.1, -0.05) is 30.3 Å². The molecular weight excluding hydrogens is 232 g/mol. The number of hydrogen-bond acceptors (Lipinski definition) is 4. The SMILES string of the molecule is O=C(O)[C@H]1CC[C@@H](NOCc2ccccc2)CN1. The van der Waals surface area contributed by atoms with Crippen molar-refractivity contribution in [1.82, 2.24) is 10.8 Å². The number of benzene rings is 1. The quantitative estimate of drug-likeness (QED) is 0.678. The number of rotatable bonds is 5. The number of piperidine rings is 1. The Morgan fingerprint density at radius 2 is 2.17 bits per heavy atom. The molecule has 0 aliphatic carbocycles. The van der Waals surface area contributed by atoms with Crippen LogP contribution in [0.2, 0.25) is 0 Å². The van der Waals surface area contributed by atoms with Crippen molar-refractivity contribution < 1.29 is 14.7 Å². The van der Waals surface area contributed by atoms with Gasteiger partial charge in [-0.25, -0.2) is 0 Å². The molecule has 5 nitrogen and oxygen atoms in total. The molecule has 0 amide bonds. The van der Waals surface area contributed by atoms with Crippen LogP contribution in [0.3, 0.4) is 0 Å². The van der Waals surface area contributed by atoms with Crippen molar-refractivity contribution in [3.8, 4) is 0 Å². The molecule has 1 aliphatic rings. The predicted molar refractivity (Wildman–Crippen MR) is 66.8 cm³/mol. The molecule has 98 valence electrons. The molecule has 2 atom stereocenters. The van der Waals surface area contributed by atoms with Crippen LogP contribution < -0.4 is 10.8 Å². The van der Waals surface area contributed by atoms with Crippen LogP contribution in [0.15, 0.2) is 30.3 Å². The summed E-state index contributed by atoms with van der Waals surface area (Å²) in [5.41, 5.74) is 4.08. The number of carboxylic acids is 1. The van der Waals surface area contributed by atoms with Gasteiger partial charge in [-0.15, -0.1) is 0 Å². The van der Waals surface area contributed by atoms with E-state index in [0.717, 1.165) is 12.0 Å². The molecule has 0 bridgehead atoms. The highest BCUT2D eigenvalue weighted by molar-refractivity contribution is 5.73. The highest BCUT2D eigenvalue weighted by atomic mass is 16.6. The highest BCUT2D eigenvalue weighted by Crippen LogP contribution is 2.09. The third-order valence-electron chi connectivity index (χ3n) is 3.04. The summed E-state index contributed by atoms with van der Waals surface area (Å²) in [4.78, 5) is 16.2. The molecule has 0 aromatic heterocycles. The molecule has 1 aliphatic heterocycles.